The molecular weight excluding hydrogens is 258 g/mol. The van der Waals surface area contributed by atoms with Crippen molar-refractivity contribution in [3.63, 3.8) is 0 Å². The molecule has 2 nitrogen and oxygen atoms in total. The number of quaternary nitrogens is 1. The van der Waals surface area contributed by atoms with E-state index in [1.165, 1.54) is 36.1 Å². The Balaban J connectivity index is 2.22. The number of benzene rings is 1. The Hall–Kier alpha value is -1.15. The van der Waals surface area contributed by atoms with E-state index in [-0.39, 0.29) is 6.04 Å². The number of rotatable bonds is 5. The lowest BCUT2D eigenvalue weighted by Crippen LogP contribution is -2.61. The average molecular weight is 288 g/mol. The van der Waals surface area contributed by atoms with Gasteiger partial charge in [-0.2, -0.15) is 0 Å². The number of aryl methyl sites for hydroxylation is 2. The van der Waals surface area contributed by atoms with Gasteiger partial charge in [0.15, 0.2) is 5.78 Å². The number of piperidine rings is 1. The third-order valence-electron chi connectivity index (χ3n) is 5.62. The van der Waals surface area contributed by atoms with E-state index in [1.807, 2.05) is 0 Å². The van der Waals surface area contributed by atoms with Crippen LogP contribution in [-0.4, -0.2) is 35.9 Å². The Labute approximate surface area is 129 Å². The summed E-state index contributed by atoms with van der Waals surface area (Å²) in [6, 6.07) is 6.54. The Morgan fingerprint density at radius 1 is 1.14 bits per heavy atom. The minimum Gasteiger partial charge on any atom is -0.315 e. The monoisotopic (exact) mass is 288 g/mol. The van der Waals surface area contributed by atoms with E-state index >= 15 is 0 Å². The van der Waals surface area contributed by atoms with Crippen LogP contribution >= 0.6 is 0 Å². The third-order valence-corrected chi connectivity index (χ3v) is 5.62. The standard InChI is InChI=1S/C19H30NO/c1-5-20(6-2)13-8-7-12-18(20)19(21)14-17-15(3)10-9-11-16(17)4/h9-11,18H,5-8,12-14H2,1-4H3/q+1. The van der Waals surface area contributed by atoms with Crippen LogP contribution in [0.1, 0.15) is 49.8 Å². The van der Waals surface area contributed by atoms with Crippen LogP contribution in [0, 0.1) is 13.8 Å². The van der Waals surface area contributed by atoms with E-state index in [0.29, 0.717) is 12.2 Å². The molecule has 2 rings (SSSR count). The summed E-state index contributed by atoms with van der Waals surface area (Å²) in [6.07, 6.45) is 4.17. The number of likely N-dealkylation sites (tertiary alicyclic amines) is 1. The summed E-state index contributed by atoms with van der Waals surface area (Å²) < 4.78 is 1.00. The van der Waals surface area contributed by atoms with E-state index in [0.717, 1.165) is 24.0 Å². The van der Waals surface area contributed by atoms with Gasteiger partial charge in [0.1, 0.15) is 6.04 Å². The fourth-order valence-corrected chi connectivity index (χ4v) is 4.06. The topological polar surface area (TPSA) is 17.1 Å². The highest BCUT2D eigenvalue weighted by atomic mass is 16.1. The normalized spacial score (nSPS) is 21.2. The van der Waals surface area contributed by atoms with Crippen molar-refractivity contribution < 1.29 is 9.28 Å². The van der Waals surface area contributed by atoms with Crippen molar-refractivity contribution in [2.45, 2.75) is 59.4 Å². The predicted molar refractivity (Wildman–Crippen MR) is 88.5 cm³/mol. The fourth-order valence-electron chi connectivity index (χ4n) is 4.06. The molecule has 0 aliphatic carbocycles. The Bertz CT molecular complexity index is 482. The minimum atomic E-state index is 0.216. The zero-order valence-corrected chi connectivity index (χ0v) is 14.1. The molecule has 0 radical (unpaired) electrons. The number of likely N-dealkylation sites (N-methyl/N-ethyl adjacent to an activating group) is 1. The molecule has 1 saturated heterocycles. The molecule has 1 aliphatic rings. The molecule has 116 valence electrons. The van der Waals surface area contributed by atoms with Gasteiger partial charge < -0.3 is 4.48 Å². The average Bonchev–Trinajstić information content (AvgIpc) is 2.50. The number of hydrogen-bond donors (Lipinski definition) is 0. The van der Waals surface area contributed by atoms with Crippen molar-refractivity contribution in [3.8, 4) is 0 Å². The van der Waals surface area contributed by atoms with E-state index in [1.54, 1.807) is 0 Å². The fraction of sp³-hybridized carbons (Fsp3) is 0.632. The zero-order valence-electron chi connectivity index (χ0n) is 14.1. The van der Waals surface area contributed by atoms with Crippen molar-refractivity contribution in [1.29, 1.82) is 0 Å². The van der Waals surface area contributed by atoms with Gasteiger partial charge in [-0.15, -0.1) is 0 Å². The van der Waals surface area contributed by atoms with Gasteiger partial charge in [0, 0.05) is 12.8 Å². The molecule has 0 spiro atoms. The van der Waals surface area contributed by atoms with E-state index in [2.05, 4.69) is 45.9 Å². The molecule has 1 heterocycles. The molecule has 0 saturated carbocycles. The summed E-state index contributed by atoms with van der Waals surface area (Å²) in [5.74, 6) is 0.454. The molecule has 2 heteroatoms. The van der Waals surface area contributed by atoms with Gasteiger partial charge in [0.25, 0.3) is 0 Å². The number of hydrogen-bond acceptors (Lipinski definition) is 1. The van der Waals surface area contributed by atoms with Gasteiger partial charge >= 0.3 is 0 Å². The lowest BCUT2D eigenvalue weighted by molar-refractivity contribution is -0.944. The number of carbonyl (C=O) groups is 1. The van der Waals surface area contributed by atoms with Crippen molar-refractivity contribution in [2.75, 3.05) is 19.6 Å². The highest BCUT2D eigenvalue weighted by Gasteiger charge is 2.41. The summed E-state index contributed by atoms with van der Waals surface area (Å²) in [4.78, 5) is 13.0. The van der Waals surface area contributed by atoms with Gasteiger partial charge in [-0.3, -0.25) is 4.79 Å². The minimum absolute atomic E-state index is 0.216. The maximum Gasteiger partial charge on any atom is 0.194 e. The molecule has 1 aliphatic heterocycles. The van der Waals surface area contributed by atoms with Crippen molar-refractivity contribution in [2.24, 2.45) is 0 Å². The van der Waals surface area contributed by atoms with Crippen molar-refractivity contribution >= 4 is 5.78 Å². The molecule has 0 aromatic heterocycles. The van der Waals surface area contributed by atoms with Gasteiger partial charge in [0.05, 0.1) is 19.6 Å². The van der Waals surface area contributed by atoms with Gasteiger partial charge in [-0.05, 0) is 57.2 Å². The van der Waals surface area contributed by atoms with Gasteiger partial charge in [-0.25, -0.2) is 0 Å². The second-order valence-electron chi connectivity index (χ2n) is 6.60. The van der Waals surface area contributed by atoms with Crippen molar-refractivity contribution in [3.05, 3.63) is 34.9 Å². The van der Waals surface area contributed by atoms with E-state index in [4.69, 9.17) is 0 Å². The summed E-state index contributed by atoms with van der Waals surface area (Å²) in [7, 11) is 0. The largest absolute Gasteiger partial charge is 0.315 e. The molecule has 1 aromatic rings. The molecule has 1 atom stereocenters. The summed E-state index contributed by atoms with van der Waals surface area (Å²) in [5, 5.41) is 0. The predicted octanol–water partition coefficient (Wildman–Crippen LogP) is 3.82. The van der Waals surface area contributed by atoms with E-state index < -0.39 is 0 Å². The zero-order chi connectivity index (χ0) is 15.5. The summed E-state index contributed by atoms with van der Waals surface area (Å²) in [6.45, 7) is 12.1. The maximum atomic E-state index is 13.0. The molecule has 0 amide bonds. The lowest BCUT2D eigenvalue weighted by atomic mass is 9.89. The Morgan fingerprint density at radius 3 is 2.33 bits per heavy atom. The first-order chi connectivity index (χ1) is 10.0. The smallest absolute Gasteiger partial charge is 0.194 e. The molecular formula is C19H30NO+. The number of ketones is 1. The summed E-state index contributed by atoms with van der Waals surface area (Å²) in [5.41, 5.74) is 3.76. The number of Topliss-reactive ketones (excluding diaryl/α,β-unsaturated/α-hetero) is 1. The van der Waals surface area contributed by atoms with Crippen LogP contribution in [-0.2, 0) is 11.2 Å². The van der Waals surface area contributed by atoms with Crippen LogP contribution in [0.4, 0.5) is 0 Å². The molecule has 0 bridgehead atoms. The van der Waals surface area contributed by atoms with Crippen LogP contribution in [0.25, 0.3) is 0 Å². The highest BCUT2D eigenvalue weighted by Crippen LogP contribution is 2.28. The second-order valence-corrected chi connectivity index (χ2v) is 6.60. The number of carbonyl (C=O) groups excluding carboxylic acids is 1. The lowest BCUT2D eigenvalue weighted by Gasteiger charge is -2.46. The number of nitrogens with zero attached hydrogens (tertiary/aromatic N) is 1. The SMILES string of the molecule is CC[N+]1(CC)CCCCC1C(=O)Cc1c(C)cccc1C. The second kappa shape index (κ2) is 6.74. The molecule has 1 aromatic carbocycles. The summed E-state index contributed by atoms with van der Waals surface area (Å²) >= 11 is 0. The third kappa shape index (κ3) is 3.21. The first-order valence-corrected chi connectivity index (χ1v) is 8.47. The molecule has 1 fully saturated rings. The van der Waals surface area contributed by atoms with Gasteiger partial charge in [-0.1, -0.05) is 18.2 Å². The van der Waals surface area contributed by atoms with Crippen LogP contribution in [0.2, 0.25) is 0 Å². The first kappa shape index (κ1) is 16.2. The Morgan fingerprint density at radius 2 is 1.76 bits per heavy atom. The highest BCUT2D eigenvalue weighted by molar-refractivity contribution is 5.85. The van der Waals surface area contributed by atoms with E-state index in [9.17, 15) is 4.79 Å². The Kier molecular flexibility index (Phi) is 5.21. The quantitative estimate of drug-likeness (QED) is 0.753. The first-order valence-electron chi connectivity index (χ1n) is 8.47. The molecule has 1 unspecified atom stereocenters. The maximum absolute atomic E-state index is 13.0. The van der Waals surface area contributed by atoms with Crippen molar-refractivity contribution in [1.82, 2.24) is 0 Å². The van der Waals surface area contributed by atoms with Gasteiger partial charge in [0.2, 0.25) is 0 Å². The molecule has 0 N–H and O–H groups in total. The van der Waals surface area contributed by atoms with Crippen LogP contribution in [0.15, 0.2) is 18.2 Å². The van der Waals surface area contributed by atoms with Crippen LogP contribution in [0.3, 0.4) is 0 Å². The van der Waals surface area contributed by atoms with Crippen LogP contribution < -0.4 is 0 Å². The molecule has 21 heavy (non-hydrogen) atoms. The van der Waals surface area contributed by atoms with Crippen LogP contribution in [0.5, 0.6) is 0 Å².